The summed E-state index contributed by atoms with van der Waals surface area (Å²) in [7, 11) is 0. The van der Waals surface area contributed by atoms with Crippen LogP contribution in [-0.4, -0.2) is 62.5 Å². The average molecular weight is 562 g/mol. The van der Waals surface area contributed by atoms with Crippen LogP contribution in [0.25, 0.3) is 10.8 Å². The zero-order chi connectivity index (χ0) is 23.3. The molecule has 0 unspecified atom stereocenters. The van der Waals surface area contributed by atoms with Gasteiger partial charge < -0.3 is 16.0 Å². The Morgan fingerprint density at radius 3 is 1.47 bits per heavy atom. The number of halogens is 3. The number of imide groups is 1. The van der Waals surface area contributed by atoms with Gasteiger partial charge in [-0.05, 0) is 102 Å². The fraction of sp³-hybridized carbons (Fsp3) is 0.556. The van der Waals surface area contributed by atoms with Gasteiger partial charge in [0.05, 0.1) is 0 Å². The lowest BCUT2D eigenvalue weighted by Gasteiger charge is -2.27. The van der Waals surface area contributed by atoms with Gasteiger partial charge in [-0.15, -0.1) is 37.2 Å². The standard InChI is InChI=1S/C27H40N4O2.3ClH/c1-2-15-28-16-3-4-17-29-18-5-6-19-30-20-7-8-21-31-26(32)23-13-9-11-22-12-10-14-24(25(22)23)27(31)33;;;/h9-14,28-30H,2-8,15-21H2,1H3;3*1H. The highest BCUT2D eigenvalue weighted by Gasteiger charge is 2.31. The van der Waals surface area contributed by atoms with E-state index in [1.807, 2.05) is 36.4 Å². The molecule has 9 heteroatoms. The second kappa shape index (κ2) is 19.7. The molecule has 1 aliphatic rings. The third-order valence-electron chi connectivity index (χ3n) is 6.18. The second-order valence-corrected chi connectivity index (χ2v) is 8.84. The number of benzene rings is 2. The van der Waals surface area contributed by atoms with Crippen LogP contribution in [0.4, 0.5) is 0 Å². The lowest BCUT2D eigenvalue weighted by atomic mass is 9.94. The van der Waals surface area contributed by atoms with E-state index in [-0.39, 0.29) is 49.0 Å². The van der Waals surface area contributed by atoms with Gasteiger partial charge in [0, 0.05) is 23.1 Å². The maximum atomic E-state index is 12.9. The first-order chi connectivity index (χ1) is 16.2. The summed E-state index contributed by atoms with van der Waals surface area (Å²) < 4.78 is 0. The van der Waals surface area contributed by atoms with Crippen LogP contribution in [-0.2, 0) is 0 Å². The lowest BCUT2D eigenvalue weighted by molar-refractivity contribution is 0.0608. The second-order valence-electron chi connectivity index (χ2n) is 8.84. The van der Waals surface area contributed by atoms with Crippen LogP contribution in [0.15, 0.2) is 36.4 Å². The van der Waals surface area contributed by atoms with E-state index < -0.39 is 0 Å². The first-order valence-electron chi connectivity index (χ1n) is 12.7. The van der Waals surface area contributed by atoms with Gasteiger partial charge in [-0.25, -0.2) is 0 Å². The smallest absolute Gasteiger partial charge is 0.261 e. The third kappa shape index (κ3) is 10.2. The van der Waals surface area contributed by atoms with Crippen LogP contribution in [0.5, 0.6) is 0 Å². The van der Waals surface area contributed by atoms with E-state index in [0.29, 0.717) is 17.7 Å². The summed E-state index contributed by atoms with van der Waals surface area (Å²) in [6.07, 6.45) is 7.79. The molecule has 0 bridgehead atoms. The Morgan fingerprint density at radius 1 is 0.611 bits per heavy atom. The van der Waals surface area contributed by atoms with Crippen molar-refractivity contribution in [2.45, 2.75) is 51.9 Å². The van der Waals surface area contributed by atoms with Crippen molar-refractivity contribution in [3.63, 3.8) is 0 Å². The van der Waals surface area contributed by atoms with Crippen molar-refractivity contribution in [2.75, 3.05) is 45.8 Å². The largest absolute Gasteiger partial charge is 0.317 e. The van der Waals surface area contributed by atoms with Crippen molar-refractivity contribution < 1.29 is 9.59 Å². The van der Waals surface area contributed by atoms with E-state index in [1.54, 1.807) is 0 Å². The van der Waals surface area contributed by atoms with Crippen molar-refractivity contribution in [1.29, 1.82) is 0 Å². The molecule has 0 atom stereocenters. The predicted octanol–water partition coefficient (Wildman–Crippen LogP) is 5.22. The SMILES string of the molecule is CCCNCCCCNCCCCNCCCCN1C(=O)c2cccc3cccc(c23)C1=O.Cl.Cl.Cl. The Bertz CT molecular complexity index is 863. The van der Waals surface area contributed by atoms with Crippen molar-refractivity contribution in [2.24, 2.45) is 0 Å². The van der Waals surface area contributed by atoms with Crippen LogP contribution >= 0.6 is 37.2 Å². The number of amides is 2. The normalized spacial score (nSPS) is 12.2. The molecule has 2 aromatic rings. The molecule has 0 radical (unpaired) electrons. The summed E-state index contributed by atoms with van der Waals surface area (Å²) in [5.74, 6) is -0.330. The van der Waals surface area contributed by atoms with Gasteiger partial charge in [-0.3, -0.25) is 14.5 Å². The Morgan fingerprint density at radius 2 is 1.03 bits per heavy atom. The first kappa shape index (κ1) is 34.6. The monoisotopic (exact) mass is 560 g/mol. The van der Waals surface area contributed by atoms with Crippen LogP contribution < -0.4 is 16.0 Å². The zero-order valence-electron chi connectivity index (χ0n) is 21.4. The van der Waals surface area contributed by atoms with Crippen LogP contribution in [0.2, 0.25) is 0 Å². The molecule has 0 aromatic heterocycles. The maximum Gasteiger partial charge on any atom is 0.261 e. The van der Waals surface area contributed by atoms with Gasteiger partial charge in [0.1, 0.15) is 0 Å². The van der Waals surface area contributed by atoms with Crippen LogP contribution in [0.3, 0.4) is 0 Å². The number of carbonyl (C=O) groups is 2. The molecular weight excluding hydrogens is 519 g/mol. The van der Waals surface area contributed by atoms with Gasteiger partial charge in [-0.2, -0.15) is 0 Å². The molecule has 2 amide bonds. The number of nitrogens with zero attached hydrogens (tertiary/aromatic N) is 1. The van der Waals surface area contributed by atoms with E-state index in [0.717, 1.165) is 69.3 Å². The number of hydrogen-bond acceptors (Lipinski definition) is 5. The molecule has 0 saturated heterocycles. The van der Waals surface area contributed by atoms with Crippen molar-refractivity contribution in [1.82, 2.24) is 20.9 Å². The molecule has 36 heavy (non-hydrogen) atoms. The fourth-order valence-electron chi connectivity index (χ4n) is 4.36. The fourth-order valence-corrected chi connectivity index (χ4v) is 4.36. The van der Waals surface area contributed by atoms with Crippen molar-refractivity contribution >= 4 is 59.8 Å². The van der Waals surface area contributed by atoms with E-state index in [2.05, 4.69) is 22.9 Å². The summed E-state index contributed by atoms with van der Waals surface area (Å²) in [4.78, 5) is 27.2. The van der Waals surface area contributed by atoms with Crippen molar-refractivity contribution in [3.05, 3.63) is 47.5 Å². The van der Waals surface area contributed by atoms with Gasteiger partial charge in [0.2, 0.25) is 0 Å². The highest BCUT2D eigenvalue weighted by atomic mass is 35.5. The average Bonchev–Trinajstić information content (AvgIpc) is 2.84. The van der Waals surface area contributed by atoms with E-state index in [4.69, 9.17) is 0 Å². The first-order valence-corrected chi connectivity index (χ1v) is 12.7. The number of carbonyl (C=O) groups excluding carboxylic acids is 2. The molecule has 6 nitrogen and oxygen atoms in total. The van der Waals surface area contributed by atoms with E-state index in [1.165, 1.54) is 30.6 Å². The topological polar surface area (TPSA) is 73.5 Å². The molecule has 1 aliphatic heterocycles. The summed E-state index contributed by atoms with van der Waals surface area (Å²) >= 11 is 0. The molecule has 0 fully saturated rings. The van der Waals surface area contributed by atoms with E-state index in [9.17, 15) is 9.59 Å². The molecule has 0 saturated carbocycles. The summed E-state index contributed by atoms with van der Waals surface area (Å²) in [5, 5.41) is 12.2. The molecular formula is C27H43Cl3N4O2. The minimum absolute atomic E-state index is 0. The molecule has 2 aromatic carbocycles. The zero-order valence-corrected chi connectivity index (χ0v) is 23.8. The predicted molar refractivity (Wildman–Crippen MR) is 158 cm³/mol. The third-order valence-corrected chi connectivity index (χ3v) is 6.18. The van der Waals surface area contributed by atoms with Gasteiger partial charge in [-0.1, -0.05) is 31.2 Å². The lowest BCUT2D eigenvalue weighted by Crippen LogP contribution is -2.41. The Labute approximate surface area is 235 Å². The summed E-state index contributed by atoms with van der Waals surface area (Å²) in [6, 6.07) is 11.3. The highest BCUT2D eigenvalue weighted by molar-refractivity contribution is 6.25. The van der Waals surface area contributed by atoms with Gasteiger partial charge in [0.15, 0.2) is 0 Å². The maximum absolute atomic E-state index is 12.9. The number of hydrogen-bond donors (Lipinski definition) is 3. The molecule has 3 N–H and O–H groups in total. The minimum Gasteiger partial charge on any atom is -0.317 e. The number of unbranched alkanes of at least 4 members (excludes halogenated alkanes) is 3. The highest BCUT2D eigenvalue weighted by Crippen LogP contribution is 2.29. The molecule has 3 rings (SSSR count). The summed E-state index contributed by atoms with van der Waals surface area (Å²) in [6.45, 7) is 9.04. The van der Waals surface area contributed by atoms with Crippen LogP contribution in [0, 0.1) is 0 Å². The Kier molecular flexibility index (Phi) is 18.9. The Hall–Kier alpha value is -1.41. The van der Waals surface area contributed by atoms with Gasteiger partial charge in [0.25, 0.3) is 11.8 Å². The molecule has 204 valence electrons. The van der Waals surface area contributed by atoms with Gasteiger partial charge >= 0.3 is 0 Å². The number of nitrogens with one attached hydrogen (secondary N) is 3. The molecule has 0 aliphatic carbocycles. The minimum atomic E-state index is -0.165. The molecule has 0 spiro atoms. The number of rotatable bonds is 17. The summed E-state index contributed by atoms with van der Waals surface area (Å²) in [5.41, 5.74) is 1.28. The van der Waals surface area contributed by atoms with Crippen molar-refractivity contribution in [3.8, 4) is 0 Å². The van der Waals surface area contributed by atoms with E-state index >= 15 is 0 Å². The Balaban J connectivity index is 0.00000408. The quantitative estimate of drug-likeness (QED) is 0.182. The van der Waals surface area contributed by atoms with Crippen LogP contribution in [0.1, 0.15) is 72.6 Å². The molecule has 1 heterocycles.